The van der Waals surface area contributed by atoms with Crippen LogP contribution in [0.3, 0.4) is 0 Å². The van der Waals surface area contributed by atoms with E-state index in [2.05, 4.69) is 29.1 Å². The second-order valence-electron chi connectivity index (χ2n) is 10.4. The van der Waals surface area contributed by atoms with Gasteiger partial charge in [-0.25, -0.2) is 4.79 Å². The first-order valence-corrected chi connectivity index (χ1v) is 13.4. The second kappa shape index (κ2) is 13.6. The average Bonchev–Trinajstić information content (AvgIpc) is 3.70. The first-order valence-electron chi connectivity index (χ1n) is 13.4. The van der Waals surface area contributed by atoms with Crippen molar-refractivity contribution in [1.29, 1.82) is 0 Å². The van der Waals surface area contributed by atoms with E-state index in [9.17, 15) is 14.9 Å². The third kappa shape index (κ3) is 8.43. The zero-order valence-electron chi connectivity index (χ0n) is 22.1. The lowest BCUT2D eigenvalue weighted by Gasteiger charge is -2.33. The molecule has 1 saturated carbocycles. The molecule has 2 aromatic rings. The van der Waals surface area contributed by atoms with Crippen molar-refractivity contribution in [1.82, 2.24) is 4.90 Å². The van der Waals surface area contributed by atoms with Gasteiger partial charge in [-0.15, -0.1) is 10.1 Å². The summed E-state index contributed by atoms with van der Waals surface area (Å²) in [4.78, 5) is 29.3. The number of amides is 1. The van der Waals surface area contributed by atoms with Gasteiger partial charge in [0.2, 0.25) is 0 Å². The predicted octanol–water partition coefficient (Wildman–Crippen LogP) is 5.11. The van der Waals surface area contributed by atoms with Crippen LogP contribution >= 0.6 is 0 Å². The van der Waals surface area contributed by atoms with Gasteiger partial charge < -0.3 is 23.9 Å². The number of ether oxygens (including phenoxy) is 3. The topological polar surface area (TPSA) is 100 Å². The van der Waals surface area contributed by atoms with E-state index in [1.165, 1.54) is 24.0 Å². The van der Waals surface area contributed by atoms with Gasteiger partial charge >= 0.3 is 6.09 Å². The number of carbonyl (C=O) groups excluding carboxylic acids is 1. The maximum Gasteiger partial charge on any atom is 0.410 e. The first-order chi connectivity index (χ1) is 18.5. The molecule has 2 fully saturated rings. The van der Waals surface area contributed by atoms with Crippen molar-refractivity contribution < 1.29 is 28.9 Å². The highest BCUT2D eigenvalue weighted by Gasteiger charge is 2.44. The van der Waals surface area contributed by atoms with E-state index >= 15 is 0 Å². The molecule has 1 heterocycles. The third-order valence-corrected chi connectivity index (χ3v) is 7.39. The van der Waals surface area contributed by atoms with Crippen molar-refractivity contribution in [2.45, 2.75) is 64.3 Å². The fourth-order valence-electron chi connectivity index (χ4n) is 5.04. The molecule has 0 aromatic heterocycles. The molecular weight excluding hydrogens is 488 g/mol. The minimum absolute atomic E-state index is 0.00771. The zero-order chi connectivity index (χ0) is 26.8. The number of rotatable bonds is 14. The van der Waals surface area contributed by atoms with E-state index in [0.29, 0.717) is 25.3 Å². The molecule has 2 aromatic carbocycles. The van der Waals surface area contributed by atoms with Crippen molar-refractivity contribution in [3.63, 3.8) is 0 Å². The van der Waals surface area contributed by atoms with E-state index in [1.54, 1.807) is 30.2 Å². The van der Waals surface area contributed by atoms with Crippen molar-refractivity contribution in [3.8, 4) is 0 Å². The van der Waals surface area contributed by atoms with Crippen LogP contribution in [0, 0.1) is 15.5 Å². The number of aryl methyl sites for hydroxylation is 1. The number of carbonyl (C=O) groups is 1. The summed E-state index contributed by atoms with van der Waals surface area (Å²) in [5.41, 5.74) is 4.41. The fraction of sp³-hybridized carbons (Fsp3) is 0.552. The predicted molar refractivity (Wildman–Crippen MR) is 141 cm³/mol. The van der Waals surface area contributed by atoms with E-state index in [4.69, 9.17) is 14.2 Å². The van der Waals surface area contributed by atoms with E-state index in [-0.39, 0.29) is 30.8 Å². The standard InChI is InChI=1S/C29H38N2O7/c1-35-16-6-11-25-9-2-3-10-26(25)18-29(13-14-29)22-37-27-12-5-15-30(19-27)28(32)36-20-23-7-4-8-24(17-23)21-38-31(33)34/h2-4,7-10,17,27H,5-6,11-16,18-22H2,1H3. The number of benzene rings is 2. The SMILES string of the molecule is COCCCc1ccccc1CC1(COC2CCCN(C(=O)OCc3cccc(CO[N+](=O)[O-])c3)C2)CC1. The highest BCUT2D eigenvalue weighted by molar-refractivity contribution is 5.67. The van der Waals surface area contributed by atoms with Crippen LogP contribution in [0.1, 0.15) is 54.4 Å². The zero-order valence-corrected chi connectivity index (χ0v) is 22.1. The maximum atomic E-state index is 12.7. The molecule has 38 heavy (non-hydrogen) atoms. The Kier molecular flexibility index (Phi) is 9.95. The van der Waals surface area contributed by atoms with Crippen LogP contribution in [0.15, 0.2) is 48.5 Å². The van der Waals surface area contributed by atoms with Gasteiger partial charge in [0, 0.05) is 20.3 Å². The highest BCUT2D eigenvalue weighted by Crippen LogP contribution is 2.49. The van der Waals surface area contributed by atoms with Crippen LogP contribution in [-0.4, -0.2) is 55.6 Å². The minimum Gasteiger partial charge on any atom is -0.445 e. The molecule has 9 heteroatoms. The Bertz CT molecular complexity index is 1070. The van der Waals surface area contributed by atoms with Crippen LogP contribution in [0.25, 0.3) is 0 Å². The Morgan fingerprint density at radius 1 is 1.11 bits per heavy atom. The fourth-order valence-corrected chi connectivity index (χ4v) is 5.04. The lowest BCUT2D eigenvalue weighted by molar-refractivity contribution is -0.763. The monoisotopic (exact) mass is 526 g/mol. The van der Waals surface area contributed by atoms with Gasteiger partial charge in [-0.3, -0.25) is 0 Å². The summed E-state index contributed by atoms with van der Waals surface area (Å²) in [6.07, 6.45) is 6.87. The molecule has 2 aliphatic rings. The van der Waals surface area contributed by atoms with Crippen molar-refractivity contribution in [2.24, 2.45) is 5.41 Å². The molecule has 0 radical (unpaired) electrons. The summed E-state index contributed by atoms with van der Waals surface area (Å²) in [5.74, 6) is 0. The number of hydrogen-bond donors (Lipinski definition) is 0. The molecule has 9 nitrogen and oxygen atoms in total. The quantitative estimate of drug-likeness (QED) is 0.191. The normalized spacial score (nSPS) is 18.1. The van der Waals surface area contributed by atoms with Crippen molar-refractivity contribution in [2.75, 3.05) is 33.4 Å². The van der Waals surface area contributed by atoms with Gasteiger partial charge in [0.25, 0.3) is 5.09 Å². The molecule has 0 bridgehead atoms. The summed E-state index contributed by atoms with van der Waals surface area (Å²) >= 11 is 0. The van der Waals surface area contributed by atoms with E-state index in [1.807, 2.05) is 6.07 Å². The van der Waals surface area contributed by atoms with Gasteiger partial charge in [0.05, 0.1) is 19.3 Å². The van der Waals surface area contributed by atoms with E-state index in [0.717, 1.165) is 44.3 Å². The van der Waals surface area contributed by atoms with Crippen LogP contribution in [0.4, 0.5) is 4.79 Å². The number of hydrogen-bond acceptors (Lipinski definition) is 7. The van der Waals surface area contributed by atoms with Crippen LogP contribution in [-0.2, 0) is 45.1 Å². The third-order valence-electron chi connectivity index (χ3n) is 7.39. The van der Waals surface area contributed by atoms with Gasteiger partial charge in [-0.2, -0.15) is 0 Å². The number of likely N-dealkylation sites (tertiary alicyclic amines) is 1. The smallest absolute Gasteiger partial charge is 0.410 e. The highest BCUT2D eigenvalue weighted by atomic mass is 16.9. The number of methoxy groups -OCH3 is 1. The average molecular weight is 527 g/mol. The van der Waals surface area contributed by atoms with Crippen LogP contribution in [0.2, 0.25) is 0 Å². The van der Waals surface area contributed by atoms with Gasteiger partial charge in [0.1, 0.15) is 13.2 Å². The lowest BCUT2D eigenvalue weighted by Crippen LogP contribution is -2.44. The lowest BCUT2D eigenvalue weighted by atomic mass is 9.92. The Labute approximate surface area is 224 Å². The molecular formula is C29H38N2O7. The maximum absolute atomic E-state index is 12.7. The minimum atomic E-state index is -0.823. The van der Waals surface area contributed by atoms with Gasteiger partial charge in [0.15, 0.2) is 0 Å². The molecule has 0 N–H and O–H groups in total. The molecule has 1 amide bonds. The largest absolute Gasteiger partial charge is 0.445 e. The molecule has 1 aliphatic carbocycles. The number of piperidine rings is 1. The molecule has 206 valence electrons. The Balaban J connectivity index is 1.23. The summed E-state index contributed by atoms with van der Waals surface area (Å²) < 4.78 is 17.1. The summed E-state index contributed by atoms with van der Waals surface area (Å²) in [7, 11) is 1.74. The Morgan fingerprint density at radius 3 is 2.61 bits per heavy atom. The summed E-state index contributed by atoms with van der Waals surface area (Å²) in [6.45, 7) is 2.62. The Morgan fingerprint density at radius 2 is 1.87 bits per heavy atom. The van der Waals surface area contributed by atoms with Crippen LogP contribution in [0.5, 0.6) is 0 Å². The van der Waals surface area contributed by atoms with Gasteiger partial charge in [-0.05, 0) is 72.6 Å². The van der Waals surface area contributed by atoms with Crippen molar-refractivity contribution in [3.05, 3.63) is 80.9 Å². The summed E-state index contributed by atoms with van der Waals surface area (Å²) in [5, 5.41) is 9.59. The summed E-state index contributed by atoms with van der Waals surface area (Å²) in [6, 6.07) is 15.7. The first kappa shape index (κ1) is 27.9. The van der Waals surface area contributed by atoms with Gasteiger partial charge in [-0.1, -0.05) is 48.5 Å². The van der Waals surface area contributed by atoms with Crippen molar-refractivity contribution >= 4 is 6.09 Å². The number of nitrogens with zero attached hydrogens (tertiary/aromatic N) is 2. The molecule has 0 spiro atoms. The second-order valence-corrected chi connectivity index (χ2v) is 10.4. The van der Waals surface area contributed by atoms with Crippen LogP contribution < -0.4 is 0 Å². The molecule has 1 atom stereocenters. The molecule has 1 unspecified atom stereocenters. The molecule has 4 rings (SSSR count). The molecule has 1 saturated heterocycles. The Hall–Kier alpha value is -3.17. The molecule has 1 aliphatic heterocycles. The van der Waals surface area contributed by atoms with E-state index < -0.39 is 5.09 Å².